The molecule has 2 heterocycles. The highest BCUT2D eigenvalue weighted by molar-refractivity contribution is 7.91. The van der Waals surface area contributed by atoms with Gasteiger partial charge in [0.1, 0.15) is 11.6 Å². The minimum Gasteiger partial charge on any atom is -0.466 e. The summed E-state index contributed by atoms with van der Waals surface area (Å²) in [5.74, 6) is -5.36. The number of hydrogen-bond donors (Lipinski definition) is 0. The Morgan fingerprint density at radius 2 is 1.86 bits per heavy atom. The Labute approximate surface area is 125 Å². The second-order valence-corrected chi connectivity index (χ2v) is 6.93. The third kappa shape index (κ3) is 2.08. The normalized spacial score (nSPS) is 26.3. The van der Waals surface area contributed by atoms with Gasteiger partial charge in [-0.3, -0.25) is 19.3 Å². The standard InChI is InChI=1S/C11H13N3O7S/c1-6(15)8-9(17)13-5-22(19,20)4-11(13,10(18)21-3)14(12-8)7(2)16/h4-5H2,1-3H3/t11-/m1/s1. The van der Waals surface area contributed by atoms with Crippen LogP contribution >= 0.6 is 0 Å². The molecule has 1 saturated heterocycles. The summed E-state index contributed by atoms with van der Waals surface area (Å²) in [4.78, 5) is 48.4. The number of nitrogens with zero attached hydrogens (tertiary/aromatic N) is 3. The largest absolute Gasteiger partial charge is 0.466 e. The van der Waals surface area contributed by atoms with Crippen LogP contribution in [0.5, 0.6) is 0 Å². The SMILES string of the molecule is COC(=O)[C@]12CS(=O)(=O)CN1C(=O)C(C(C)=O)=NN2C(C)=O. The lowest BCUT2D eigenvalue weighted by Gasteiger charge is -2.42. The van der Waals surface area contributed by atoms with Crippen LogP contribution < -0.4 is 0 Å². The first-order valence-electron chi connectivity index (χ1n) is 6.08. The molecule has 0 aromatic carbocycles. The van der Waals surface area contributed by atoms with Gasteiger partial charge in [0.2, 0.25) is 5.91 Å². The number of methoxy groups -OCH3 is 1. The summed E-state index contributed by atoms with van der Waals surface area (Å²) in [7, 11) is -2.87. The lowest BCUT2D eigenvalue weighted by atomic mass is 10.1. The minimum absolute atomic E-state index is 0.529. The van der Waals surface area contributed by atoms with Crippen molar-refractivity contribution in [3.63, 3.8) is 0 Å². The Morgan fingerprint density at radius 1 is 1.27 bits per heavy atom. The molecule has 0 radical (unpaired) electrons. The molecule has 2 rings (SSSR count). The van der Waals surface area contributed by atoms with Crippen LogP contribution in [0.4, 0.5) is 0 Å². The van der Waals surface area contributed by atoms with E-state index in [0.29, 0.717) is 9.91 Å². The van der Waals surface area contributed by atoms with Crippen LogP contribution in [0.15, 0.2) is 5.10 Å². The monoisotopic (exact) mass is 331 g/mol. The van der Waals surface area contributed by atoms with Crippen LogP contribution in [0.3, 0.4) is 0 Å². The molecule has 1 atom stereocenters. The zero-order valence-corrected chi connectivity index (χ0v) is 12.8. The van der Waals surface area contributed by atoms with Gasteiger partial charge in [0.25, 0.3) is 11.6 Å². The van der Waals surface area contributed by atoms with Crippen LogP contribution in [-0.2, 0) is 33.8 Å². The molecule has 1 fully saturated rings. The molecular weight excluding hydrogens is 318 g/mol. The third-order valence-electron chi connectivity index (χ3n) is 3.34. The van der Waals surface area contributed by atoms with Gasteiger partial charge in [0.05, 0.1) is 7.11 Å². The Kier molecular flexibility index (Phi) is 3.56. The van der Waals surface area contributed by atoms with E-state index in [1.165, 1.54) is 0 Å². The van der Waals surface area contributed by atoms with Gasteiger partial charge in [-0.05, 0) is 0 Å². The molecule has 0 spiro atoms. The van der Waals surface area contributed by atoms with Gasteiger partial charge in [-0.2, -0.15) is 10.1 Å². The maximum absolute atomic E-state index is 12.3. The van der Waals surface area contributed by atoms with Crippen molar-refractivity contribution in [1.29, 1.82) is 0 Å². The van der Waals surface area contributed by atoms with Gasteiger partial charge in [-0.25, -0.2) is 13.2 Å². The summed E-state index contributed by atoms with van der Waals surface area (Å²) in [5.41, 5.74) is -2.83. The Morgan fingerprint density at radius 3 is 2.32 bits per heavy atom. The smallest absolute Gasteiger partial charge is 0.356 e. The van der Waals surface area contributed by atoms with Crippen molar-refractivity contribution >= 4 is 39.1 Å². The van der Waals surface area contributed by atoms with Crippen molar-refractivity contribution in [1.82, 2.24) is 9.91 Å². The predicted octanol–water partition coefficient (Wildman–Crippen LogP) is -2.12. The Balaban J connectivity index is 2.76. The number of esters is 1. The number of ether oxygens (including phenoxy) is 1. The number of hydrogen-bond acceptors (Lipinski definition) is 8. The molecule has 10 nitrogen and oxygen atoms in total. The average molecular weight is 331 g/mol. The number of fused-ring (bicyclic) bond motifs is 1. The summed E-state index contributed by atoms with van der Waals surface area (Å²) in [5, 5.41) is 4.13. The first kappa shape index (κ1) is 16.1. The lowest BCUT2D eigenvalue weighted by Crippen LogP contribution is -2.69. The summed E-state index contributed by atoms with van der Waals surface area (Å²) < 4.78 is 28.4. The number of rotatable bonds is 2. The van der Waals surface area contributed by atoms with Crippen molar-refractivity contribution in [3.05, 3.63) is 0 Å². The first-order valence-corrected chi connectivity index (χ1v) is 7.90. The molecule has 0 N–H and O–H groups in total. The van der Waals surface area contributed by atoms with Crippen molar-refractivity contribution in [3.8, 4) is 0 Å². The number of sulfone groups is 1. The summed E-state index contributed by atoms with van der Waals surface area (Å²) >= 11 is 0. The molecule has 2 aliphatic rings. The molecule has 0 bridgehead atoms. The number of Topliss-reactive ketones (excluding diaryl/α,β-unsaturated/α-hetero) is 1. The molecule has 0 saturated carbocycles. The first-order chi connectivity index (χ1) is 10.1. The van der Waals surface area contributed by atoms with E-state index in [2.05, 4.69) is 9.84 Å². The van der Waals surface area contributed by atoms with Gasteiger partial charge >= 0.3 is 5.97 Å². The quantitative estimate of drug-likeness (QED) is 0.528. The van der Waals surface area contributed by atoms with Crippen molar-refractivity contribution in [2.75, 3.05) is 18.7 Å². The summed E-state index contributed by atoms with van der Waals surface area (Å²) in [6.45, 7) is 2.08. The average Bonchev–Trinajstić information content (AvgIpc) is 2.70. The number of carbonyl (C=O) groups excluding carboxylic acids is 4. The molecule has 22 heavy (non-hydrogen) atoms. The van der Waals surface area contributed by atoms with Crippen LogP contribution in [0.2, 0.25) is 0 Å². The second-order valence-electron chi connectivity index (χ2n) is 4.89. The fraction of sp³-hybridized carbons (Fsp3) is 0.545. The molecule has 11 heteroatoms. The molecular formula is C11H13N3O7S. The van der Waals surface area contributed by atoms with E-state index in [9.17, 15) is 27.6 Å². The fourth-order valence-electron chi connectivity index (χ4n) is 2.46. The van der Waals surface area contributed by atoms with Gasteiger partial charge < -0.3 is 4.74 Å². The highest BCUT2D eigenvalue weighted by atomic mass is 32.2. The van der Waals surface area contributed by atoms with E-state index in [-0.39, 0.29) is 0 Å². The van der Waals surface area contributed by atoms with E-state index in [1.54, 1.807) is 0 Å². The second kappa shape index (κ2) is 4.87. The fourth-order valence-corrected chi connectivity index (χ4v) is 4.28. The van der Waals surface area contributed by atoms with Gasteiger partial charge in [-0.15, -0.1) is 0 Å². The molecule has 2 amide bonds. The molecule has 0 aromatic heterocycles. The Hall–Kier alpha value is -2.30. The van der Waals surface area contributed by atoms with Crippen molar-refractivity contribution in [2.24, 2.45) is 5.10 Å². The molecule has 0 aromatic rings. The van der Waals surface area contributed by atoms with E-state index < -0.39 is 56.4 Å². The zero-order chi connectivity index (χ0) is 16.9. The van der Waals surface area contributed by atoms with Crippen LogP contribution in [0, 0.1) is 0 Å². The van der Waals surface area contributed by atoms with E-state index in [4.69, 9.17) is 0 Å². The predicted molar refractivity (Wildman–Crippen MR) is 70.9 cm³/mol. The van der Waals surface area contributed by atoms with Gasteiger partial charge in [0, 0.05) is 13.8 Å². The highest BCUT2D eigenvalue weighted by Gasteiger charge is 2.65. The van der Waals surface area contributed by atoms with Crippen molar-refractivity contribution < 1.29 is 32.3 Å². The van der Waals surface area contributed by atoms with E-state index in [0.717, 1.165) is 21.0 Å². The van der Waals surface area contributed by atoms with Gasteiger partial charge in [0.15, 0.2) is 21.3 Å². The van der Waals surface area contributed by atoms with Crippen LogP contribution in [-0.4, -0.2) is 72.0 Å². The number of ketones is 1. The molecule has 120 valence electrons. The third-order valence-corrected chi connectivity index (χ3v) is 4.83. The minimum atomic E-state index is -3.87. The molecule has 0 aliphatic carbocycles. The van der Waals surface area contributed by atoms with Crippen molar-refractivity contribution in [2.45, 2.75) is 19.5 Å². The van der Waals surface area contributed by atoms with E-state index >= 15 is 0 Å². The number of hydrazone groups is 1. The lowest BCUT2D eigenvalue weighted by molar-refractivity contribution is -0.177. The maximum Gasteiger partial charge on any atom is 0.356 e. The Bertz CT molecular complexity index is 726. The number of amides is 2. The zero-order valence-electron chi connectivity index (χ0n) is 12.0. The summed E-state index contributed by atoms with van der Waals surface area (Å²) in [6.07, 6.45) is 0. The number of carbonyl (C=O) groups is 4. The maximum atomic E-state index is 12.3. The molecule has 2 aliphatic heterocycles. The topological polar surface area (TPSA) is 130 Å². The highest BCUT2D eigenvalue weighted by Crippen LogP contribution is 2.35. The van der Waals surface area contributed by atoms with E-state index in [1.807, 2.05) is 0 Å². The van der Waals surface area contributed by atoms with Crippen LogP contribution in [0.1, 0.15) is 13.8 Å². The molecule has 0 unspecified atom stereocenters. The van der Waals surface area contributed by atoms with Crippen LogP contribution in [0.25, 0.3) is 0 Å². The van der Waals surface area contributed by atoms with Gasteiger partial charge in [-0.1, -0.05) is 0 Å². The summed E-state index contributed by atoms with van der Waals surface area (Å²) in [6, 6.07) is 0.